The number of hydrogen-bond acceptors (Lipinski definition) is 5. The minimum absolute atomic E-state index is 0.147. The SMILES string of the molecule is CN(CCCSc1ccccc1)c1cc(C2CC(O)C2)ncn1. The van der Waals surface area contributed by atoms with Gasteiger partial charge in [0.05, 0.1) is 6.10 Å². The van der Waals surface area contributed by atoms with Crippen LogP contribution in [-0.4, -0.2) is 40.5 Å². The molecule has 3 rings (SSSR count). The minimum atomic E-state index is -0.147. The highest BCUT2D eigenvalue weighted by Gasteiger charge is 2.29. The summed E-state index contributed by atoms with van der Waals surface area (Å²) >= 11 is 1.89. The summed E-state index contributed by atoms with van der Waals surface area (Å²) in [4.78, 5) is 12.3. The summed E-state index contributed by atoms with van der Waals surface area (Å²) in [5.41, 5.74) is 1.06. The van der Waals surface area contributed by atoms with Crippen LogP contribution in [0.4, 0.5) is 5.82 Å². The van der Waals surface area contributed by atoms with E-state index >= 15 is 0 Å². The Kier molecular flexibility index (Phi) is 5.51. The third-order valence-corrected chi connectivity index (χ3v) is 5.34. The number of aliphatic hydroxyl groups is 1. The van der Waals surface area contributed by atoms with Crippen LogP contribution in [0.3, 0.4) is 0 Å². The molecule has 0 spiro atoms. The molecule has 1 aromatic carbocycles. The van der Waals surface area contributed by atoms with E-state index in [9.17, 15) is 5.11 Å². The highest BCUT2D eigenvalue weighted by molar-refractivity contribution is 7.99. The van der Waals surface area contributed by atoms with E-state index in [1.165, 1.54) is 4.90 Å². The van der Waals surface area contributed by atoms with Gasteiger partial charge in [0.25, 0.3) is 0 Å². The van der Waals surface area contributed by atoms with Gasteiger partial charge in [0.2, 0.25) is 0 Å². The fourth-order valence-corrected chi connectivity index (χ4v) is 3.60. The van der Waals surface area contributed by atoms with Crippen molar-refractivity contribution in [2.24, 2.45) is 0 Å². The van der Waals surface area contributed by atoms with Crippen LogP contribution in [0.25, 0.3) is 0 Å². The Morgan fingerprint density at radius 2 is 2.00 bits per heavy atom. The standard InChI is InChI=1S/C18H23N3OS/c1-21(8-5-9-23-16-6-3-2-4-7-16)18-12-17(19-13-20-18)14-10-15(22)11-14/h2-4,6-7,12-15,22H,5,8-11H2,1H3. The lowest BCUT2D eigenvalue weighted by Crippen LogP contribution is -2.28. The summed E-state index contributed by atoms with van der Waals surface area (Å²) < 4.78 is 0. The van der Waals surface area contributed by atoms with E-state index in [0.29, 0.717) is 5.92 Å². The summed E-state index contributed by atoms with van der Waals surface area (Å²) in [5.74, 6) is 2.47. The van der Waals surface area contributed by atoms with E-state index in [1.54, 1.807) is 6.33 Å². The van der Waals surface area contributed by atoms with E-state index in [1.807, 2.05) is 17.8 Å². The lowest BCUT2D eigenvalue weighted by atomic mass is 9.80. The molecule has 1 fully saturated rings. The van der Waals surface area contributed by atoms with Crippen LogP contribution in [0.15, 0.2) is 47.6 Å². The second-order valence-electron chi connectivity index (χ2n) is 6.06. The molecule has 0 unspecified atom stereocenters. The maximum Gasteiger partial charge on any atom is 0.131 e. The lowest BCUT2D eigenvalue weighted by molar-refractivity contribution is 0.0732. The average molecular weight is 329 g/mol. The van der Waals surface area contributed by atoms with Crippen LogP contribution in [0.5, 0.6) is 0 Å². The number of anilines is 1. The smallest absolute Gasteiger partial charge is 0.131 e. The fourth-order valence-electron chi connectivity index (χ4n) is 2.75. The van der Waals surface area contributed by atoms with Gasteiger partial charge in [0, 0.05) is 36.2 Å². The van der Waals surface area contributed by atoms with Gasteiger partial charge in [-0.15, -0.1) is 11.8 Å². The highest BCUT2D eigenvalue weighted by atomic mass is 32.2. The molecule has 122 valence electrons. The molecule has 0 saturated heterocycles. The number of nitrogens with zero attached hydrogens (tertiary/aromatic N) is 3. The number of thioether (sulfide) groups is 1. The first-order chi connectivity index (χ1) is 11.2. The molecule has 0 amide bonds. The van der Waals surface area contributed by atoms with Gasteiger partial charge in [0.1, 0.15) is 12.1 Å². The minimum Gasteiger partial charge on any atom is -0.393 e. The third kappa shape index (κ3) is 4.45. The quantitative estimate of drug-likeness (QED) is 0.624. The van der Waals surface area contributed by atoms with Crippen LogP contribution in [0.1, 0.15) is 30.9 Å². The van der Waals surface area contributed by atoms with Gasteiger partial charge in [-0.2, -0.15) is 0 Å². The van der Waals surface area contributed by atoms with Crippen molar-refractivity contribution in [2.45, 2.75) is 36.2 Å². The Morgan fingerprint density at radius 1 is 1.22 bits per heavy atom. The van der Waals surface area contributed by atoms with Gasteiger partial charge in [-0.25, -0.2) is 9.97 Å². The van der Waals surface area contributed by atoms with Crippen molar-refractivity contribution in [3.8, 4) is 0 Å². The summed E-state index contributed by atoms with van der Waals surface area (Å²) in [7, 11) is 2.08. The van der Waals surface area contributed by atoms with Crippen LogP contribution < -0.4 is 4.90 Å². The summed E-state index contributed by atoms with van der Waals surface area (Å²) in [6.45, 7) is 0.976. The van der Waals surface area contributed by atoms with Gasteiger partial charge < -0.3 is 10.0 Å². The molecule has 1 N–H and O–H groups in total. The Hall–Kier alpha value is -1.59. The van der Waals surface area contributed by atoms with Gasteiger partial charge in [-0.1, -0.05) is 18.2 Å². The molecule has 1 heterocycles. The molecule has 0 aliphatic heterocycles. The highest BCUT2D eigenvalue weighted by Crippen LogP contribution is 2.36. The molecular formula is C18H23N3OS. The predicted molar refractivity (Wildman–Crippen MR) is 95.1 cm³/mol. The molecule has 0 atom stereocenters. The second kappa shape index (κ2) is 7.79. The van der Waals surface area contributed by atoms with Gasteiger partial charge in [-0.05, 0) is 37.1 Å². The van der Waals surface area contributed by atoms with Crippen molar-refractivity contribution in [3.05, 3.63) is 48.4 Å². The first-order valence-corrected chi connectivity index (χ1v) is 9.10. The first kappa shape index (κ1) is 16.3. The topological polar surface area (TPSA) is 49.2 Å². The Labute approximate surface area is 142 Å². The van der Waals surface area contributed by atoms with E-state index in [2.05, 4.69) is 52.2 Å². The monoisotopic (exact) mass is 329 g/mol. The molecule has 1 aromatic heterocycles. The number of benzene rings is 1. The van der Waals surface area contributed by atoms with Crippen molar-refractivity contribution < 1.29 is 5.11 Å². The molecule has 0 radical (unpaired) electrons. The fraction of sp³-hybridized carbons (Fsp3) is 0.444. The number of rotatable bonds is 7. The Morgan fingerprint density at radius 3 is 2.74 bits per heavy atom. The number of aliphatic hydroxyl groups excluding tert-OH is 1. The van der Waals surface area contributed by atoms with Crippen molar-refractivity contribution in [1.29, 1.82) is 0 Å². The molecule has 4 nitrogen and oxygen atoms in total. The molecular weight excluding hydrogens is 306 g/mol. The summed E-state index contributed by atoms with van der Waals surface area (Å²) in [5, 5.41) is 9.44. The van der Waals surface area contributed by atoms with Crippen LogP contribution in [0, 0.1) is 0 Å². The van der Waals surface area contributed by atoms with Crippen molar-refractivity contribution in [2.75, 3.05) is 24.2 Å². The molecule has 23 heavy (non-hydrogen) atoms. The zero-order chi connectivity index (χ0) is 16.1. The molecule has 2 aromatic rings. The van der Waals surface area contributed by atoms with Crippen molar-refractivity contribution in [1.82, 2.24) is 9.97 Å². The summed E-state index contributed by atoms with van der Waals surface area (Å²) in [6, 6.07) is 12.6. The summed E-state index contributed by atoms with van der Waals surface area (Å²) in [6.07, 6.45) is 4.26. The Balaban J connectivity index is 1.46. The van der Waals surface area contributed by atoms with Crippen molar-refractivity contribution >= 4 is 17.6 Å². The normalized spacial score (nSPS) is 20.1. The van der Waals surface area contributed by atoms with E-state index in [4.69, 9.17) is 0 Å². The van der Waals surface area contributed by atoms with Crippen LogP contribution in [-0.2, 0) is 0 Å². The zero-order valence-electron chi connectivity index (χ0n) is 13.4. The van der Waals surface area contributed by atoms with Crippen molar-refractivity contribution in [3.63, 3.8) is 0 Å². The van der Waals surface area contributed by atoms with E-state index in [-0.39, 0.29) is 6.10 Å². The number of aromatic nitrogens is 2. The zero-order valence-corrected chi connectivity index (χ0v) is 14.2. The van der Waals surface area contributed by atoms with Gasteiger partial charge in [0.15, 0.2) is 0 Å². The van der Waals surface area contributed by atoms with E-state index < -0.39 is 0 Å². The van der Waals surface area contributed by atoms with E-state index in [0.717, 1.165) is 43.1 Å². The molecule has 0 bridgehead atoms. The van der Waals surface area contributed by atoms with Crippen LogP contribution >= 0.6 is 11.8 Å². The van der Waals surface area contributed by atoms with Crippen LogP contribution in [0.2, 0.25) is 0 Å². The Bertz CT molecular complexity index is 617. The predicted octanol–water partition coefficient (Wildman–Crippen LogP) is 3.33. The molecule has 1 aliphatic rings. The lowest BCUT2D eigenvalue weighted by Gasteiger charge is -2.31. The largest absolute Gasteiger partial charge is 0.393 e. The molecule has 1 aliphatic carbocycles. The third-order valence-electron chi connectivity index (χ3n) is 4.25. The first-order valence-electron chi connectivity index (χ1n) is 8.11. The molecule has 1 saturated carbocycles. The second-order valence-corrected chi connectivity index (χ2v) is 7.23. The average Bonchev–Trinajstić information content (AvgIpc) is 2.57. The van der Waals surface area contributed by atoms with Gasteiger partial charge in [-0.3, -0.25) is 0 Å². The molecule has 5 heteroatoms. The number of hydrogen-bond donors (Lipinski definition) is 1. The maximum absolute atomic E-state index is 9.44. The maximum atomic E-state index is 9.44. The van der Waals surface area contributed by atoms with Gasteiger partial charge >= 0.3 is 0 Å².